The maximum absolute atomic E-state index is 13.5. The van der Waals surface area contributed by atoms with Gasteiger partial charge in [0, 0.05) is 8.22 Å². The summed E-state index contributed by atoms with van der Waals surface area (Å²) in [7, 11) is 0. The molecule has 0 aromatic carbocycles. The van der Waals surface area contributed by atoms with E-state index in [-0.39, 0.29) is 0 Å². The number of nitrogens with one attached hydrogen (secondary N) is 2. The second-order valence-electron chi connectivity index (χ2n) is 4.62. The Hall–Kier alpha value is -2.37. The lowest BCUT2D eigenvalue weighted by molar-refractivity contribution is -0.139. The number of rotatable bonds is 5. The summed E-state index contributed by atoms with van der Waals surface area (Å²) in [4.78, 5) is 13.6. The van der Waals surface area contributed by atoms with E-state index in [0.717, 1.165) is 6.07 Å². The Labute approximate surface area is 167 Å². The molecule has 0 aliphatic rings. The van der Waals surface area contributed by atoms with Crippen LogP contribution in [0.1, 0.15) is 26.0 Å². The van der Waals surface area contributed by atoms with Crippen molar-refractivity contribution in [2.24, 2.45) is 0 Å². The summed E-state index contributed by atoms with van der Waals surface area (Å²) < 4.78 is 146. The molecule has 2 atom stereocenters. The van der Waals surface area contributed by atoms with Gasteiger partial charge in [-0.25, -0.2) is 4.98 Å². The van der Waals surface area contributed by atoms with E-state index < -0.39 is 78.8 Å². The van der Waals surface area contributed by atoms with Gasteiger partial charge in [-0.3, -0.25) is 0 Å². The van der Waals surface area contributed by atoms with Crippen LogP contribution in [0.4, 0.5) is 38.2 Å². The molecule has 0 radical (unpaired) electrons. The quantitative estimate of drug-likeness (QED) is 0.551. The zero-order chi connectivity index (χ0) is 28.1. The van der Waals surface area contributed by atoms with Crippen molar-refractivity contribution in [3.05, 3.63) is 23.3 Å². The summed E-state index contributed by atoms with van der Waals surface area (Å²) in [5.41, 5.74) is -0.755. The van der Waals surface area contributed by atoms with Gasteiger partial charge >= 0.3 is 12.4 Å². The van der Waals surface area contributed by atoms with Gasteiger partial charge in [0.25, 0.3) is 0 Å². The average Bonchev–Trinajstić information content (AvgIpc) is 2.65. The summed E-state index contributed by atoms with van der Waals surface area (Å²) in [5.74, 6) is -3.76. The second-order valence-corrected chi connectivity index (χ2v) is 5.01. The van der Waals surface area contributed by atoms with Crippen LogP contribution in [0.15, 0.2) is 18.2 Å². The van der Waals surface area contributed by atoms with E-state index in [9.17, 15) is 26.3 Å². The number of alkyl halides is 6. The Morgan fingerprint density at radius 1 is 1.04 bits per heavy atom. The summed E-state index contributed by atoms with van der Waals surface area (Å²) in [5, 5.41) is 2.09. The Morgan fingerprint density at radius 3 is 2.26 bits per heavy atom. The third-order valence-electron chi connectivity index (χ3n) is 2.57. The molecule has 27 heavy (non-hydrogen) atoms. The monoisotopic (exact) mass is 423 g/mol. The van der Waals surface area contributed by atoms with Crippen LogP contribution in [0.3, 0.4) is 0 Å². The fourth-order valence-corrected chi connectivity index (χ4v) is 1.57. The van der Waals surface area contributed by atoms with Gasteiger partial charge in [0.2, 0.25) is 11.9 Å². The average molecular weight is 424 g/mol. The summed E-state index contributed by atoms with van der Waals surface area (Å²) in [6.07, 6.45) is -11.3. The van der Waals surface area contributed by atoms with Crippen LogP contribution in [0.5, 0.6) is 0 Å². The van der Waals surface area contributed by atoms with Gasteiger partial charge in [0.1, 0.15) is 22.9 Å². The SMILES string of the molecule is [2H]c1cc(Cl)nc(-c2nc(NC(C([2H])([2H])[2H])C(F)(F)F)nc(NC([2H])(C([2H])([2H])[2H])C(F)(F)F)n2)c1[2H]. The molecular weight excluding hydrogens is 402 g/mol. The second kappa shape index (κ2) is 7.71. The molecule has 13 heteroatoms. The van der Waals surface area contributed by atoms with Crippen LogP contribution in [0, 0.1) is 0 Å². The van der Waals surface area contributed by atoms with E-state index in [0.29, 0.717) is 0 Å². The van der Waals surface area contributed by atoms with Crippen molar-refractivity contribution < 1.29 is 38.7 Å². The first-order chi connectivity index (χ1) is 16.0. The topological polar surface area (TPSA) is 75.6 Å². The van der Waals surface area contributed by atoms with Gasteiger partial charge in [0.15, 0.2) is 5.82 Å². The Kier molecular flexibility index (Phi) is 3.27. The Morgan fingerprint density at radius 2 is 1.70 bits per heavy atom. The van der Waals surface area contributed by atoms with Crippen LogP contribution < -0.4 is 10.6 Å². The van der Waals surface area contributed by atoms with Crippen molar-refractivity contribution in [1.29, 1.82) is 0 Å². The predicted octanol–water partition coefficient (Wildman–Crippen LogP) is 4.31. The maximum Gasteiger partial charge on any atom is 0.408 e. The minimum absolute atomic E-state index is 0.460. The van der Waals surface area contributed by atoms with Crippen LogP contribution in [0.25, 0.3) is 11.5 Å². The highest BCUT2D eigenvalue weighted by atomic mass is 35.5. The molecule has 0 spiro atoms. The molecule has 0 aliphatic heterocycles. The smallest absolute Gasteiger partial charge is 0.343 e. The third-order valence-corrected chi connectivity index (χ3v) is 2.76. The number of anilines is 2. The van der Waals surface area contributed by atoms with Gasteiger partial charge in [-0.2, -0.15) is 41.3 Å². The van der Waals surface area contributed by atoms with Crippen LogP contribution in [-0.4, -0.2) is 44.3 Å². The summed E-state index contributed by atoms with van der Waals surface area (Å²) in [6.45, 7) is -7.90. The number of halogens is 7. The molecule has 2 N–H and O–H groups in total. The number of pyridine rings is 1. The fraction of sp³-hybridized carbons (Fsp3) is 0.429. The molecular formula is C14H13ClF6N6. The van der Waals surface area contributed by atoms with E-state index in [1.165, 1.54) is 10.6 Å². The minimum atomic E-state index is -5.81. The molecule has 2 unspecified atom stereocenters. The van der Waals surface area contributed by atoms with E-state index in [4.69, 9.17) is 23.9 Å². The largest absolute Gasteiger partial charge is 0.408 e. The van der Waals surface area contributed by atoms with E-state index in [2.05, 4.69) is 19.9 Å². The van der Waals surface area contributed by atoms with Gasteiger partial charge in [-0.15, -0.1) is 0 Å². The molecule has 0 bridgehead atoms. The molecule has 2 aromatic heterocycles. The molecule has 0 amide bonds. The van der Waals surface area contributed by atoms with Crippen molar-refractivity contribution in [3.8, 4) is 11.5 Å². The number of nitrogens with zero attached hydrogens (tertiary/aromatic N) is 4. The van der Waals surface area contributed by atoms with Crippen molar-refractivity contribution in [2.75, 3.05) is 10.6 Å². The molecule has 0 fully saturated rings. The van der Waals surface area contributed by atoms with Gasteiger partial charge in [0.05, 0.1) is 4.11 Å². The molecule has 0 saturated heterocycles. The van der Waals surface area contributed by atoms with Crippen LogP contribution >= 0.6 is 11.6 Å². The Balaban J connectivity index is 2.79. The van der Waals surface area contributed by atoms with Gasteiger partial charge in [-0.1, -0.05) is 17.6 Å². The van der Waals surface area contributed by atoms with Crippen molar-refractivity contribution >= 4 is 23.5 Å². The molecule has 0 saturated carbocycles. The van der Waals surface area contributed by atoms with E-state index in [1.54, 1.807) is 0 Å². The summed E-state index contributed by atoms with van der Waals surface area (Å²) >= 11 is 5.69. The molecule has 0 aliphatic carbocycles. The van der Waals surface area contributed by atoms with Crippen molar-refractivity contribution in [2.45, 2.75) is 38.1 Å². The number of hydrogen-bond acceptors (Lipinski definition) is 6. The van der Waals surface area contributed by atoms with Gasteiger partial charge in [-0.05, 0) is 25.8 Å². The molecule has 2 aromatic rings. The summed E-state index contributed by atoms with van der Waals surface area (Å²) in [6, 6.07) is -8.38. The first-order valence-corrected chi connectivity index (χ1v) is 6.93. The first kappa shape index (κ1) is 11.5. The van der Waals surface area contributed by atoms with E-state index >= 15 is 0 Å². The van der Waals surface area contributed by atoms with Gasteiger partial charge < -0.3 is 10.6 Å². The lowest BCUT2D eigenvalue weighted by Crippen LogP contribution is -2.35. The fourth-order valence-electron chi connectivity index (χ4n) is 1.43. The lowest BCUT2D eigenvalue weighted by Gasteiger charge is -2.20. The first-order valence-electron chi connectivity index (χ1n) is 11.1. The standard InChI is InChI=1S/C14H13ClF6N6/c1-6(13(16,17)18)22-11-25-10(8-4-3-5-9(15)24-8)26-12(27-11)23-7(2)14(19,20)21/h3-7H,1-2H3,(H2,22,23,25,26,27)/i1D3,2D3,3D,4D,6D. The third kappa shape index (κ3) is 5.81. The molecule has 2 rings (SSSR count). The Bertz CT molecular complexity index is 1100. The molecule has 148 valence electrons. The normalized spacial score (nSPS) is 21.5. The molecule has 2 heterocycles. The number of hydrogen-bond donors (Lipinski definition) is 2. The highest BCUT2D eigenvalue weighted by molar-refractivity contribution is 6.29. The predicted molar refractivity (Wildman–Crippen MR) is 86.3 cm³/mol. The van der Waals surface area contributed by atoms with Crippen LogP contribution in [-0.2, 0) is 0 Å². The maximum atomic E-state index is 13.5. The zero-order valence-corrected chi connectivity index (χ0v) is 13.3. The molecule has 6 nitrogen and oxygen atoms in total. The van der Waals surface area contributed by atoms with Crippen molar-refractivity contribution in [3.63, 3.8) is 0 Å². The van der Waals surface area contributed by atoms with E-state index in [1.807, 2.05) is 0 Å². The minimum Gasteiger partial charge on any atom is -0.343 e. The number of aromatic nitrogens is 4. The zero-order valence-electron chi connectivity index (χ0n) is 21.6. The highest BCUT2D eigenvalue weighted by Crippen LogP contribution is 2.26. The van der Waals surface area contributed by atoms with Crippen molar-refractivity contribution in [1.82, 2.24) is 19.9 Å². The van der Waals surface area contributed by atoms with Crippen LogP contribution in [0.2, 0.25) is 5.15 Å². The highest BCUT2D eigenvalue weighted by Gasteiger charge is 2.38. The lowest BCUT2D eigenvalue weighted by atomic mass is 10.3.